The Hall–Kier alpha value is 0.210. The van der Waals surface area contributed by atoms with Crippen molar-refractivity contribution in [1.29, 1.82) is 0 Å². The van der Waals surface area contributed by atoms with Gasteiger partial charge in [-0.2, -0.15) is 0 Å². The Labute approximate surface area is 103 Å². The quantitative estimate of drug-likeness (QED) is 0.692. The topological polar surface area (TPSA) is 12.5 Å². The van der Waals surface area contributed by atoms with Gasteiger partial charge in [-0.1, -0.05) is 0 Å². The molecule has 2 nitrogen and oxygen atoms in total. The molecular formula is C13H22ClNO. The number of rotatable bonds is 2. The fourth-order valence-electron chi connectivity index (χ4n) is 3.73. The second-order valence-electron chi connectivity index (χ2n) is 5.71. The van der Waals surface area contributed by atoms with Crippen LogP contribution in [0.1, 0.15) is 38.5 Å². The van der Waals surface area contributed by atoms with Crippen molar-refractivity contribution in [3.63, 3.8) is 0 Å². The largest absolute Gasteiger partial charge is 0.381 e. The van der Waals surface area contributed by atoms with Gasteiger partial charge in [0, 0.05) is 37.2 Å². The zero-order valence-electron chi connectivity index (χ0n) is 9.91. The average molecular weight is 244 g/mol. The van der Waals surface area contributed by atoms with E-state index in [4.69, 9.17) is 16.3 Å². The van der Waals surface area contributed by atoms with Crippen molar-refractivity contribution >= 4 is 11.6 Å². The molecule has 16 heavy (non-hydrogen) atoms. The zero-order valence-corrected chi connectivity index (χ0v) is 10.7. The van der Waals surface area contributed by atoms with Crippen LogP contribution in [-0.4, -0.2) is 42.1 Å². The lowest BCUT2D eigenvalue weighted by molar-refractivity contribution is 0.0367. The van der Waals surface area contributed by atoms with Crippen molar-refractivity contribution in [2.45, 2.75) is 56.0 Å². The summed E-state index contributed by atoms with van der Waals surface area (Å²) in [7, 11) is 0. The Bertz CT molecular complexity index is 228. The fraction of sp³-hybridized carbons (Fsp3) is 1.00. The molecule has 0 aromatic heterocycles. The third-order valence-corrected chi connectivity index (χ3v) is 4.99. The van der Waals surface area contributed by atoms with Crippen molar-refractivity contribution in [3.05, 3.63) is 0 Å². The maximum atomic E-state index is 6.31. The molecule has 0 aromatic carbocycles. The van der Waals surface area contributed by atoms with Gasteiger partial charge in [-0.25, -0.2) is 0 Å². The monoisotopic (exact) mass is 243 g/mol. The van der Waals surface area contributed by atoms with Crippen molar-refractivity contribution < 1.29 is 4.74 Å². The molecule has 0 N–H and O–H groups in total. The maximum Gasteiger partial charge on any atom is 0.0469 e. The average Bonchev–Trinajstić information content (AvgIpc) is 2.54. The summed E-state index contributed by atoms with van der Waals surface area (Å²) >= 11 is 6.31. The summed E-state index contributed by atoms with van der Waals surface area (Å²) in [6.45, 7) is 3.26. The first kappa shape index (κ1) is 11.3. The lowest BCUT2D eigenvalue weighted by Gasteiger charge is -2.39. The summed E-state index contributed by atoms with van der Waals surface area (Å²) in [4.78, 5) is 2.77. The van der Waals surface area contributed by atoms with Crippen LogP contribution in [0.3, 0.4) is 0 Å². The van der Waals surface area contributed by atoms with E-state index in [-0.39, 0.29) is 0 Å². The fourth-order valence-corrected chi connectivity index (χ4v) is 4.14. The number of piperidine rings is 1. The van der Waals surface area contributed by atoms with Crippen LogP contribution in [0.25, 0.3) is 0 Å². The zero-order chi connectivity index (χ0) is 11.0. The predicted molar refractivity (Wildman–Crippen MR) is 65.9 cm³/mol. The first-order valence-electron chi connectivity index (χ1n) is 6.80. The molecule has 0 saturated carbocycles. The summed E-state index contributed by atoms with van der Waals surface area (Å²) in [6.07, 6.45) is 7.75. The van der Waals surface area contributed by atoms with E-state index < -0.39 is 0 Å². The number of alkyl halides is 1. The van der Waals surface area contributed by atoms with Crippen LogP contribution in [0, 0.1) is 5.92 Å². The molecule has 0 aliphatic carbocycles. The molecule has 2 unspecified atom stereocenters. The van der Waals surface area contributed by atoms with E-state index in [1.54, 1.807) is 0 Å². The van der Waals surface area contributed by atoms with Crippen molar-refractivity contribution in [2.24, 2.45) is 5.92 Å². The molecule has 3 heteroatoms. The van der Waals surface area contributed by atoms with E-state index in [9.17, 15) is 0 Å². The summed E-state index contributed by atoms with van der Waals surface area (Å²) in [5.41, 5.74) is 0. The maximum absolute atomic E-state index is 6.31. The van der Waals surface area contributed by atoms with Gasteiger partial charge in [0.1, 0.15) is 0 Å². The molecule has 0 aromatic rings. The molecule has 92 valence electrons. The Morgan fingerprint density at radius 3 is 2.25 bits per heavy atom. The summed E-state index contributed by atoms with van der Waals surface area (Å²) in [5, 5.41) is 0.448. The number of halogens is 1. The van der Waals surface area contributed by atoms with Gasteiger partial charge in [0.2, 0.25) is 0 Å². The number of ether oxygens (including phenoxy) is 1. The molecule has 3 saturated heterocycles. The smallest absolute Gasteiger partial charge is 0.0469 e. The van der Waals surface area contributed by atoms with Gasteiger partial charge in [-0.15, -0.1) is 11.6 Å². The Morgan fingerprint density at radius 1 is 1.00 bits per heavy atom. The molecule has 0 amide bonds. The minimum absolute atomic E-state index is 0.448. The van der Waals surface area contributed by atoms with Crippen LogP contribution in [0.2, 0.25) is 0 Å². The highest BCUT2D eigenvalue weighted by Crippen LogP contribution is 2.38. The van der Waals surface area contributed by atoms with Gasteiger partial charge < -0.3 is 4.74 Å². The number of hydrogen-bond donors (Lipinski definition) is 0. The molecule has 0 radical (unpaired) electrons. The molecule has 2 bridgehead atoms. The van der Waals surface area contributed by atoms with E-state index in [1.807, 2.05) is 0 Å². The van der Waals surface area contributed by atoms with Gasteiger partial charge >= 0.3 is 0 Å². The Kier molecular flexibility index (Phi) is 3.42. The van der Waals surface area contributed by atoms with Crippen LogP contribution in [-0.2, 0) is 4.74 Å². The van der Waals surface area contributed by atoms with E-state index in [2.05, 4.69) is 4.90 Å². The van der Waals surface area contributed by atoms with E-state index in [0.29, 0.717) is 5.38 Å². The first-order valence-corrected chi connectivity index (χ1v) is 7.24. The number of hydrogen-bond acceptors (Lipinski definition) is 2. The minimum atomic E-state index is 0.448. The highest BCUT2D eigenvalue weighted by molar-refractivity contribution is 6.20. The second kappa shape index (κ2) is 4.83. The third-order valence-electron chi connectivity index (χ3n) is 4.64. The lowest BCUT2D eigenvalue weighted by atomic mass is 9.95. The molecular weight excluding hydrogens is 222 g/mol. The Balaban J connectivity index is 1.58. The number of fused-ring (bicyclic) bond motifs is 2. The lowest BCUT2D eigenvalue weighted by Crippen LogP contribution is -2.46. The molecule has 0 spiro atoms. The van der Waals surface area contributed by atoms with Gasteiger partial charge in [-0.05, 0) is 44.4 Å². The summed E-state index contributed by atoms with van der Waals surface area (Å²) < 4.78 is 5.44. The predicted octanol–water partition coefficient (Wildman–Crippen LogP) is 2.65. The molecule has 2 atom stereocenters. The Morgan fingerprint density at radius 2 is 1.62 bits per heavy atom. The van der Waals surface area contributed by atoms with Crippen molar-refractivity contribution in [3.8, 4) is 0 Å². The third kappa shape index (κ3) is 2.25. The van der Waals surface area contributed by atoms with Gasteiger partial charge in [-0.3, -0.25) is 4.90 Å². The van der Waals surface area contributed by atoms with Gasteiger partial charge in [0.25, 0.3) is 0 Å². The highest BCUT2D eigenvalue weighted by atomic mass is 35.5. The van der Waals surface area contributed by atoms with E-state index in [0.717, 1.165) is 31.2 Å². The molecule has 3 aliphatic heterocycles. The molecule has 3 rings (SSSR count). The van der Waals surface area contributed by atoms with Gasteiger partial charge in [0.05, 0.1) is 0 Å². The minimum Gasteiger partial charge on any atom is -0.381 e. The summed E-state index contributed by atoms with van der Waals surface area (Å²) in [5.74, 6) is 0.878. The van der Waals surface area contributed by atoms with E-state index in [1.165, 1.54) is 45.1 Å². The molecule has 3 heterocycles. The second-order valence-corrected chi connectivity index (χ2v) is 6.32. The number of nitrogens with zero attached hydrogens (tertiary/aromatic N) is 1. The van der Waals surface area contributed by atoms with Crippen LogP contribution in [0.15, 0.2) is 0 Å². The van der Waals surface area contributed by atoms with Crippen LogP contribution >= 0.6 is 11.6 Å². The van der Waals surface area contributed by atoms with Crippen LogP contribution in [0.5, 0.6) is 0 Å². The van der Waals surface area contributed by atoms with E-state index >= 15 is 0 Å². The van der Waals surface area contributed by atoms with Crippen LogP contribution < -0.4 is 0 Å². The normalized spacial score (nSPS) is 41.4. The van der Waals surface area contributed by atoms with Crippen LogP contribution in [0.4, 0.5) is 0 Å². The molecule has 3 aliphatic rings. The summed E-state index contributed by atoms with van der Waals surface area (Å²) in [6, 6.07) is 1.59. The SMILES string of the molecule is ClC1CC2CCC(C1)N2CC1CCOCC1. The van der Waals surface area contributed by atoms with Gasteiger partial charge in [0.15, 0.2) is 0 Å². The van der Waals surface area contributed by atoms with Crippen molar-refractivity contribution in [1.82, 2.24) is 4.90 Å². The standard InChI is InChI=1S/C13H22ClNO/c14-11-7-12-1-2-13(8-11)15(12)9-10-3-5-16-6-4-10/h10-13H,1-9H2. The highest BCUT2D eigenvalue weighted by Gasteiger charge is 2.40. The molecule has 3 fully saturated rings. The first-order chi connectivity index (χ1) is 7.83. The van der Waals surface area contributed by atoms with Crippen molar-refractivity contribution in [2.75, 3.05) is 19.8 Å².